The number of guanidine groups is 1. The molecular weight excluding hydrogens is 400 g/mol. The van der Waals surface area contributed by atoms with Crippen LogP contribution in [0.1, 0.15) is 26.7 Å². The van der Waals surface area contributed by atoms with Gasteiger partial charge in [-0.05, 0) is 69.0 Å². The van der Waals surface area contributed by atoms with Crippen LogP contribution in [-0.4, -0.2) is 44.4 Å². The number of nitrogens with two attached hydrogens (primary N) is 1. The molecule has 30 heavy (non-hydrogen) atoms. The highest BCUT2D eigenvalue weighted by atomic mass is 32.2. The Labute approximate surface area is 179 Å². The molecule has 3 N–H and O–H groups in total. The number of sulfonamides is 1. The van der Waals surface area contributed by atoms with Gasteiger partial charge in [-0.25, -0.2) is 8.42 Å². The molecule has 0 aliphatic carbocycles. The summed E-state index contributed by atoms with van der Waals surface area (Å²) < 4.78 is 32.6. The lowest BCUT2D eigenvalue weighted by Crippen LogP contribution is -2.39. The number of nitrogens with zero attached hydrogens (tertiary/aromatic N) is 2. The molecule has 7 nitrogen and oxygen atoms in total. The largest absolute Gasteiger partial charge is 0.491 e. The van der Waals surface area contributed by atoms with Crippen molar-refractivity contribution in [1.82, 2.24) is 4.31 Å². The number of rotatable bonds is 7. The van der Waals surface area contributed by atoms with Gasteiger partial charge in [-0.1, -0.05) is 18.2 Å². The number of benzene rings is 2. The van der Waals surface area contributed by atoms with Crippen LogP contribution in [0.15, 0.2) is 64.5 Å². The molecule has 0 amide bonds. The van der Waals surface area contributed by atoms with Crippen molar-refractivity contribution in [3.63, 3.8) is 0 Å². The summed E-state index contributed by atoms with van der Waals surface area (Å²) >= 11 is 0. The summed E-state index contributed by atoms with van der Waals surface area (Å²) in [6.07, 6.45) is 1.67. The van der Waals surface area contributed by atoms with E-state index in [-0.39, 0.29) is 6.10 Å². The zero-order chi connectivity index (χ0) is 21.6. The van der Waals surface area contributed by atoms with Gasteiger partial charge in [-0.15, -0.1) is 0 Å². The lowest BCUT2D eigenvalue weighted by molar-refractivity contribution is 0.242. The van der Waals surface area contributed by atoms with Crippen molar-refractivity contribution in [2.75, 3.05) is 25.0 Å². The van der Waals surface area contributed by atoms with Crippen molar-refractivity contribution in [2.24, 2.45) is 16.6 Å². The van der Waals surface area contributed by atoms with Gasteiger partial charge in [-0.3, -0.25) is 4.99 Å². The average molecular weight is 431 g/mol. The Morgan fingerprint density at radius 2 is 1.77 bits per heavy atom. The first kappa shape index (κ1) is 22.1. The van der Waals surface area contributed by atoms with Crippen LogP contribution in [0.4, 0.5) is 5.69 Å². The molecule has 0 atom stereocenters. The maximum atomic E-state index is 12.7. The molecule has 162 valence electrons. The highest BCUT2D eigenvalue weighted by Crippen LogP contribution is 2.24. The van der Waals surface area contributed by atoms with Gasteiger partial charge in [0, 0.05) is 25.3 Å². The van der Waals surface area contributed by atoms with E-state index in [9.17, 15) is 8.42 Å². The first-order valence-electron chi connectivity index (χ1n) is 10.2. The van der Waals surface area contributed by atoms with Crippen LogP contribution in [0.5, 0.6) is 5.75 Å². The summed E-state index contributed by atoms with van der Waals surface area (Å²) in [4.78, 5) is 4.79. The maximum absolute atomic E-state index is 12.7. The van der Waals surface area contributed by atoms with Crippen molar-refractivity contribution < 1.29 is 13.2 Å². The number of aliphatic imine (C=N–C) groups is 1. The van der Waals surface area contributed by atoms with Crippen molar-refractivity contribution in [3.05, 3.63) is 54.6 Å². The molecule has 0 saturated carbocycles. The number of anilines is 1. The molecule has 0 aromatic heterocycles. The first-order valence-corrected chi connectivity index (χ1v) is 11.7. The molecule has 2 aromatic rings. The summed E-state index contributed by atoms with van der Waals surface area (Å²) in [6, 6.07) is 16.1. The number of hydrogen-bond acceptors (Lipinski definition) is 4. The van der Waals surface area contributed by atoms with E-state index in [0.717, 1.165) is 24.3 Å². The van der Waals surface area contributed by atoms with Crippen LogP contribution < -0.4 is 15.8 Å². The van der Waals surface area contributed by atoms with Gasteiger partial charge in [0.05, 0.1) is 11.0 Å². The Bertz CT molecular complexity index is 936. The molecule has 2 aromatic carbocycles. The predicted octanol–water partition coefficient (Wildman–Crippen LogP) is 3.30. The normalized spacial score (nSPS) is 16.6. The number of ether oxygens (including phenoxy) is 1. The third-order valence-electron chi connectivity index (χ3n) is 4.97. The summed E-state index contributed by atoms with van der Waals surface area (Å²) in [5.74, 6) is 1.48. The van der Waals surface area contributed by atoms with Gasteiger partial charge in [-0.2, -0.15) is 4.31 Å². The van der Waals surface area contributed by atoms with E-state index in [2.05, 4.69) is 10.3 Å². The minimum Gasteiger partial charge on any atom is -0.491 e. The quantitative estimate of drug-likeness (QED) is 0.519. The Morgan fingerprint density at radius 3 is 2.37 bits per heavy atom. The predicted molar refractivity (Wildman–Crippen MR) is 120 cm³/mol. The van der Waals surface area contributed by atoms with Crippen molar-refractivity contribution in [2.45, 2.75) is 37.7 Å². The molecule has 0 unspecified atom stereocenters. The molecule has 0 radical (unpaired) electrons. The van der Waals surface area contributed by atoms with E-state index in [1.54, 1.807) is 28.6 Å². The Kier molecular flexibility index (Phi) is 7.33. The molecule has 1 aliphatic rings. The van der Waals surface area contributed by atoms with Gasteiger partial charge < -0.3 is 15.8 Å². The Hall–Kier alpha value is -2.58. The molecule has 0 bridgehead atoms. The second-order valence-electron chi connectivity index (χ2n) is 7.70. The topological polar surface area (TPSA) is 97.0 Å². The fourth-order valence-corrected chi connectivity index (χ4v) is 4.87. The van der Waals surface area contributed by atoms with Gasteiger partial charge in [0.2, 0.25) is 10.0 Å². The monoisotopic (exact) mass is 430 g/mol. The standard InChI is InChI=1S/C22H30N4O3S/c1-17(2)29-20-10-8-19(9-11-20)25-22(23)24-16-18-12-14-26(15-13-18)30(27,28)21-6-4-3-5-7-21/h3-11,17-18H,12-16H2,1-2H3,(H3,23,24,25). The molecule has 8 heteroatoms. The maximum Gasteiger partial charge on any atom is 0.243 e. The highest BCUT2D eigenvalue weighted by Gasteiger charge is 2.29. The minimum atomic E-state index is -3.42. The molecular formula is C22H30N4O3S. The second kappa shape index (κ2) is 9.95. The molecule has 1 saturated heterocycles. The van der Waals surface area contributed by atoms with E-state index in [1.807, 2.05) is 44.2 Å². The van der Waals surface area contributed by atoms with E-state index in [4.69, 9.17) is 10.5 Å². The summed E-state index contributed by atoms with van der Waals surface area (Å²) in [7, 11) is -3.42. The fraction of sp³-hybridized carbons (Fsp3) is 0.409. The van der Waals surface area contributed by atoms with Crippen molar-refractivity contribution in [1.29, 1.82) is 0 Å². The van der Waals surface area contributed by atoms with Crippen LogP contribution in [0, 0.1) is 5.92 Å². The Morgan fingerprint density at radius 1 is 1.13 bits per heavy atom. The van der Waals surface area contributed by atoms with Crippen LogP contribution in [0.2, 0.25) is 0 Å². The first-order chi connectivity index (χ1) is 14.3. The van der Waals surface area contributed by atoms with E-state index in [0.29, 0.717) is 36.4 Å². The molecule has 1 aliphatic heterocycles. The van der Waals surface area contributed by atoms with Gasteiger partial charge in [0.25, 0.3) is 0 Å². The third-order valence-corrected chi connectivity index (χ3v) is 6.89. The average Bonchev–Trinajstić information content (AvgIpc) is 2.74. The van der Waals surface area contributed by atoms with Crippen molar-refractivity contribution in [3.8, 4) is 5.75 Å². The van der Waals surface area contributed by atoms with Gasteiger partial charge in [0.1, 0.15) is 5.75 Å². The fourth-order valence-electron chi connectivity index (χ4n) is 3.38. The lowest BCUT2D eigenvalue weighted by atomic mass is 9.98. The van der Waals surface area contributed by atoms with E-state index < -0.39 is 10.0 Å². The van der Waals surface area contributed by atoms with Gasteiger partial charge >= 0.3 is 0 Å². The molecule has 0 spiro atoms. The van der Waals surface area contributed by atoms with Crippen LogP contribution in [-0.2, 0) is 10.0 Å². The third kappa shape index (κ3) is 5.96. The summed E-state index contributed by atoms with van der Waals surface area (Å²) in [5.41, 5.74) is 6.86. The second-order valence-corrected chi connectivity index (χ2v) is 9.64. The summed E-state index contributed by atoms with van der Waals surface area (Å²) in [5, 5.41) is 3.08. The molecule has 1 fully saturated rings. The zero-order valence-corrected chi connectivity index (χ0v) is 18.3. The summed E-state index contributed by atoms with van der Waals surface area (Å²) in [6.45, 7) is 5.55. The number of hydrogen-bond donors (Lipinski definition) is 2. The molecule has 3 rings (SSSR count). The van der Waals surface area contributed by atoms with Crippen LogP contribution in [0.3, 0.4) is 0 Å². The van der Waals surface area contributed by atoms with Crippen molar-refractivity contribution >= 4 is 21.7 Å². The smallest absolute Gasteiger partial charge is 0.243 e. The van der Waals surface area contributed by atoms with E-state index in [1.165, 1.54) is 0 Å². The zero-order valence-electron chi connectivity index (χ0n) is 17.5. The highest BCUT2D eigenvalue weighted by molar-refractivity contribution is 7.89. The lowest BCUT2D eigenvalue weighted by Gasteiger charge is -2.30. The van der Waals surface area contributed by atoms with Crippen LogP contribution >= 0.6 is 0 Å². The molecule has 1 heterocycles. The minimum absolute atomic E-state index is 0.129. The van der Waals surface area contributed by atoms with E-state index >= 15 is 0 Å². The number of piperidine rings is 1. The van der Waals surface area contributed by atoms with Crippen LogP contribution in [0.25, 0.3) is 0 Å². The SMILES string of the molecule is CC(C)Oc1ccc(NC(N)=NCC2CCN(S(=O)(=O)c3ccccc3)CC2)cc1. The van der Waals surface area contributed by atoms with Gasteiger partial charge in [0.15, 0.2) is 5.96 Å². The Balaban J connectivity index is 1.48. The number of nitrogens with one attached hydrogen (secondary N) is 1.